The average molecular weight is 353 g/mol. The standard InChI is InChI=1S/C19H19N3O4/c23-18(20-13-7-1-2-8-13)14-9-3-5-11-16(14)21-19(24)15-10-4-6-12-17(15)22(25)26/h3-6,9-13H,1-2,7-8H2,(H,20,23)(H,21,24). The van der Waals surface area contributed by atoms with Crippen LogP contribution in [0.2, 0.25) is 0 Å². The molecular weight excluding hydrogens is 334 g/mol. The van der Waals surface area contributed by atoms with E-state index in [0.717, 1.165) is 25.7 Å². The lowest BCUT2D eigenvalue weighted by Gasteiger charge is -2.15. The normalized spacial score (nSPS) is 14.0. The third-order valence-corrected chi connectivity index (χ3v) is 4.46. The van der Waals surface area contributed by atoms with E-state index in [-0.39, 0.29) is 23.2 Å². The Hall–Kier alpha value is -3.22. The van der Waals surface area contributed by atoms with Crippen LogP contribution in [0, 0.1) is 10.1 Å². The number of benzene rings is 2. The number of nitro groups is 1. The van der Waals surface area contributed by atoms with Gasteiger partial charge >= 0.3 is 0 Å². The van der Waals surface area contributed by atoms with Crippen molar-refractivity contribution >= 4 is 23.2 Å². The highest BCUT2D eigenvalue weighted by molar-refractivity contribution is 6.10. The molecule has 0 spiro atoms. The van der Waals surface area contributed by atoms with Gasteiger partial charge in [0, 0.05) is 12.1 Å². The van der Waals surface area contributed by atoms with Crippen LogP contribution in [-0.2, 0) is 0 Å². The second-order valence-electron chi connectivity index (χ2n) is 6.23. The topological polar surface area (TPSA) is 101 Å². The zero-order chi connectivity index (χ0) is 18.5. The van der Waals surface area contributed by atoms with Crippen LogP contribution < -0.4 is 10.6 Å². The fraction of sp³-hybridized carbons (Fsp3) is 0.263. The molecule has 0 saturated heterocycles. The molecule has 0 aromatic heterocycles. The molecule has 0 unspecified atom stereocenters. The zero-order valence-corrected chi connectivity index (χ0v) is 14.1. The van der Waals surface area contributed by atoms with Crippen molar-refractivity contribution in [2.24, 2.45) is 0 Å². The van der Waals surface area contributed by atoms with Gasteiger partial charge in [-0.05, 0) is 31.0 Å². The predicted molar refractivity (Wildman–Crippen MR) is 97.2 cm³/mol. The summed E-state index contributed by atoms with van der Waals surface area (Å²) >= 11 is 0. The van der Waals surface area contributed by atoms with Gasteiger partial charge in [0.15, 0.2) is 0 Å². The minimum absolute atomic E-state index is 0.0523. The lowest BCUT2D eigenvalue weighted by atomic mass is 10.1. The van der Waals surface area contributed by atoms with E-state index in [9.17, 15) is 19.7 Å². The summed E-state index contributed by atoms with van der Waals surface area (Å²) in [6.45, 7) is 0. The van der Waals surface area contributed by atoms with E-state index < -0.39 is 10.8 Å². The molecule has 3 rings (SSSR count). The lowest BCUT2D eigenvalue weighted by Crippen LogP contribution is -2.33. The molecule has 2 aromatic carbocycles. The smallest absolute Gasteiger partial charge is 0.282 e. The first-order valence-electron chi connectivity index (χ1n) is 8.51. The number of hydrogen-bond acceptors (Lipinski definition) is 4. The van der Waals surface area contributed by atoms with Crippen molar-refractivity contribution in [3.05, 3.63) is 69.8 Å². The van der Waals surface area contributed by atoms with Crippen molar-refractivity contribution in [3.63, 3.8) is 0 Å². The Morgan fingerprint density at radius 1 is 0.923 bits per heavy atom. The van der Waals surface area contributed by atoms with Crippen molar-refractivity contribution < 1.29 is 14.5 Å². The molecular formula is C19H19N3O4. The maximum absolute atomic E-state index is 12.5. The largest absolute Gasteiger partial charge is 0.349 e. The molecule has 0 heterocycles. The molecule has 0 bridgehead atoms. The summed E-state index contributed by atoms with van der Waals surface area (Å²) in [5.74, 6) is -0.881. The Morgan fingerprint density at radius 3 is 2.23 bits per heavy atom. The van der Waals surface area contributed by atoms with Crippen LogP contribution in [-0.4, -0.2) is 22.8 Å². The summed E-state index contributed by atoms with van der Waals surface area (Å²) in [5.41, 5.74) is 0.332. The van der Waals surface area contributed by atoms with Crippen LogP contribution in [0.1, 0.15) is 46.4 Å². The molecule has 0 atom stereocenters. The molecule has 0 aliphatic heterocycles. The van der Waals surface area contributed by atoms with Gasteiger partial charge in [0.25, 0.3) is 17.5 Å². The highest BCUT2D eigenvalue weighted by Gasteiger charge is 2.22. The number of hydrogen-bond donors (Lipinski definition) is 2. The van der Waals surface area contributed by atoms with Crippen LogP contribution in [0.3, 0.4) is 0 Å². The fourth-order valence-electron chi connectivity index (χ4n) is 3.14. The first-order valence-corrected chi connectivity index (χ1v) is 8.51. The molecule has 1 saturated carbocycles. The van der Waals surface area contributed by atoms with E-state index in [1.165, 1.54) is 18.2 Å². The second kappa shape index (κ2) is 7.77. The summed E-state index contributed by atoms with van der Waals surface area (Å²) in [4.78, 5) is 35.6. The minimum atomic E-state index is -0.626. The van der Waals surface area contributed by atoms with Gasteiger partial charge in [-0.15, -0.1) is 0 Å². The summed E-state index contributed by atoms with van der Waals surface area (Å²) in [6, 6.07) is 12.5. The predicted octanol–water partition coefficient (Wildman–Crippen LogP) is 3.52. The molecule has 0 radical (unpaired) electrons. The Morgan fingerprint density at radius 2 is 1.54 bits per heavy atom. The van der Waals surface area contributed by atoms with Crippen molar-refractivity contribution in [2.75, 3.05) is 5.32 Å². The van der Waals surface area contributed by atoms with Crippen molar-refractivity contribution in [2.45, 2.75) is 31.7 Å². The van der Waals surface area contributed by atoms with Crippen LogP contribution in [0.25, 0.3) is 0 Å². The van der Waals surface area contributed by atoms with Gasteiger partial charge in [-0.2, -0.15) is 0 Å². The first-order chi connectivity index (χ1) is 12.6. The molecule has 2 amide bonds. The van der Waals surface area contributed by atoms with Crippen LogP contribution in [0.5, 0.6) is 0 Å². The van der Waals surface area contributed by atoms with Gasteiger partial charge in [0.1, 0.15) is 5.56 Å². The summed E-state index contributed by atoms with van der Waals surface area (Å²) in [5, 5.41) is 16.7. The SMILES string of the molecule is O=C(NC1CCCC1)c1ccccc1NC(=O)c1ccccc1[N+](=O)[O-]. The molecule has 2 N–H and O–H groups in total. The van der Waals surface area contributed by atoms with Gasteiger partial charge in [0.2, 0.25) is 0 Å². The number of carbonyl (C=O) groups excluding carboxylic acids is 2. The highest BCUT2D eigenvalue weighted by atomic mass is 16.6. The molecule has 7 heteroatoms. The van der Waals surface area contributed by atoms with Gasteiger partial charge in [-0.1, -0.05) is 37.1 Å². The molecule has 7 nitrogen and oxygen atoms in total. The number of anilines is 1. The first kappa shape index (κ1) is 17.6. The van der Waals surface area contributed by atoms with E-state index in [0.29, 0.717) is 11.3 Å². The number of para-hydroxylation sites is 2. The molecule has 1 aliphatic carbocycles. The molecule has 1 fully saturated rings. The lowest BCUT2D eigenvalue weighted by molar-refractivity contribution is -0.385. The number of nitro benzene ring substituents is 1. The maximum Gasteiger partial charge on any atom is 0.282 e. The molecule has 26 heavy (non-hydrogen) atoms. The van der Waals surface area contributed by atoms with Crippen molar-refractivity contribution in [1.82, 2.24) is 5.32 Å². The molecule has 1 aliphatic rings. The number of carbonyl (C=O) groups is 2. The van der Waals surface area contributed by atoms with E-state index in [4.69, 9.17) is 0 Å². The highest BCUT2D eigenvalue weighted by Crippen LogP contribution is 2.23. The zero-order valence-electron chi connectivity index (χ0n) is 14.1. The van der Waals surface area contributed by atoms with E-state index >= 15 is 0 Å². The second-order valence-corrected chi connectivity index (χ2v) is 6.23. The third kappa shape index (κ3) is 3.88. The fourth-order valence-corrected chi connectivity index (χ4v) is 3.14. The van der Waals surface area contributed by atoms with Crippen molar-refractivity contribution in [1.29, 1.82) is 0 Å². The summed E-state index contributed by atoms with van der Waals surface area (Å²) in [7, 11) is 0. The van der Waals surface area contributed by atoms with Gasteiger partial charge < -0.3 is 10.6 Å². The van der Waals surface area contributed by atoms with Crippen LogP contribution in [0.4, 0.5) is 11.4 Å². The minimum Gasteiger partial charge on any atom is -0.349 e. The Balaban J connectivity index is 1.81. The maximum atomic E-state index is 12.5. The average Bonchev–Trinajstić information content (AvgIpc) is 3.15. The number of rotatable bonds is 5. The number of nitrogens with zero attached hydrogens (tertiary/aromatic N) is 1. The Bertz CT molecular complexity index is 844. The van der Waals surface area contributed by atoms with Gasteiger partial charge in [0.05, 0.1) is 16.2 Å². The van der Waals surface area contributed by atoms with E-state index in [1.807, 2.05) is 0 Å². The van der Waals surface area contributed by atoms with Gasteiger partial charge in [-0.3, -0.25) is 19.7 Å². The third-order valence-electron chi connectivity index (χ3n) is 4.46. The molecule has 134 valence electrons. The summed E-state index contributed by atoms with van der Waals surface area (Å²) < 4.78 is 0. The van der Waals surface area contributed by atoms with E-state index in [2.05, 4.69) is 10.6 Å². The van der Waals surface area contributed by atoms with Crippen LogP contribution in [0.15, 0.2) is 48.5 Å². The number of nitrogens with one attached hydrogen (secondary N) is 2. The number of amides is 2. The monoisotopic (exact) mass is 353 g/mol. The molecule has 2 aromatic rings. The quantitative estimate of drug-likeness (QED) is 0.634. The Labute approximate surface area is 150 Å². The Kier molecular flexibility index (Phi) is 5.26. The summed E-state index contributed by atoms with van der Waals surface area (Å²) in [6.07, 6.45) is 4.11. The van der Waals surface area contributed by atoms with Crippen molar-refractivity contribution in [3.8, 4) is 0 Å². The van der Waals surface area contributed by atoms with E-state index in [1.54, 1.807) is 30.3 Å². The van der Waals surface area contributed by atoms with Gasteiger partial charge in [-0.25, -0.2) is 0 Å². The van der Waals surface area contributed by atoms with Crippen LogP contribution >= 0.6 is 0 Å².